The number of halogens is 1. The van der Waals surface area contributed by atoms with E-state index in [-0.39, 0.29) is 11.3 Å². The molecule has 0 heterocycles. The second-order valence-electron chi connectivity index (χ2n) is 4.22. The maximum Gasteiger partial charge on any atom is 0.336 e. The van der Waals surface area contributed by atoms with Gasteiger partial charge in [-0.1, -0.05) is 23.7 Å². The summed E-state index contributed by atoms with van der Waals surface area (Å²) in [6.45, 7) is 0. The SMILES string of the molecule is O=C(O)C(=Cc1ccc([N+](=O)[O-])cc1)c1cccc(Cl)c1. The Bertz CT molecular complexity index is 723. The fraction of sp³-hybridized carbons (Fsp3) is 0. The fourth-order valence-electron chi connectivity index (χ4n) is 1.78. The highest BCUT2D eigenvalue weighted by molar-refractivity contribution is 6.31. The van der Waals surface area contributed by atoms with Crippen LogP contribution >= 0.6 is 11.6 Å². The van der Waals surface area contributed by atoms with Crippen molar-refractivity contribution in [3.63, 3.8) is 0 Å². The van der Waals surface area contributed by atoms with Crippen LogP contribution in [0.2, 0.25) is 5.02 Å². The van der Waals surface area contributed by atoms with Gasteiger partial charge in [-0.25, -0.2) is 4.79 Å². The summed E-state index contributed by atoms with van der Waals surface area (Å²) in [6.07, 6.45) is 1.44. The molecule has 1 N–H and O–H groups in total. The number of carboxylic acid groups (broad SMARTS) is 1. The quantitative estimate of drug-likeness (QED) is 0.402. The van der Waals surface area contributed by atoms with Crippen molar-refractivity contribution in [1.82, 2.24) is 0 Å². The molecule has 2 aromatic carbocycles. The lowest BCUT2D eigenvalue weighted by molar-refractivity contribution is -0.384. The van der Waals surface area contributed by atoms with Gasteiger partial charge in [0.05, 0.1) is 10.5 Å². The van der Waals surface area contributed by atoms with Crippen molar-refractivity contribution >= 4 is 34.9 Å². The maximum atomic E-state index is 11.4. The first kappa shape index (κ1) is 14.7. The van der Waals surface area contributed by atoms with E-state index in [1.54, 1.807) is 24.3 Å². The molecule has 0 radical (unpaired) electrons. The summed E-state index contributed by atoms with van der Waals surface area (Å²) in [5, 5.41) is 20.3. The van der Waals surface area contributed by atoms with Gasteiger partial charge in [0.1, 0.15) is 0 Å². The zero-order chi connectivity index (χ0) is 15.4. The number of carboxylic acids is 1. The molecule has 0 unspecified atom stereocenters. The average Bonchev–Trinajstić information content (AvgIpc) is 2.45. The lowest BCUT2D eigenvalue weighted by atomic mass is 10.0. The fourth-order valence-corrected chi connectivity index (χ4v) is 1.97. The van der Waals surface area contributed by atoms with Gasteiger partial charge in [-0.05, 0) is 41.5 Å². The molecule has 0 saturated heterocycles. The van der Waals surface area contributed by atoms with Crippen molar-refractivity contribution in [2.75, 3.05) is 0 Å². The second-order valence-corrected chi connectivity index (χ2v) is 4.66. The predicted molar refractivity (Wildman–Crippen MR) is 80.1 cm³/mol. The van der Waals surface area contributed by atoms with Gasteiger partial charge in [0.25, 0.3) is 5.69 Å². The molecule has 2 rings (SSSR count). The second kappa shape index (κ2) is 6.19. The summed E-state index contributed by atoms with van der Waals surface area (Å²) in [7, 11) is 0. The summed E-state index contributed by atoms with van der Waals surface area (Å²) < 4.78 is 0. The smallest absolute Gasteiger partial charge is 0.336 e. The van der Waals surface area contributed by atoms with Crippen LogP contribution in [0.5, 0.6) is 0 Å². The summed E-state index contributed by atoms with van der Waals surface area (Å²) in [6, 6.07) is 12.1. The molecule has 0 aliphatic carbocycles. The Labute approximate surface area is 125 Å². The Morgan fingerprint density at radius 3 is 2.38 bits per heavy atom. The van der Waals surface area contributed by atoms with E-state index in [4.69, 9.17) is 11.6 Å². The van der Waals surface area contributed by atoms with E-state index < -0.39 is 10.9 Å². The van der Waals surface area contributed by atoms with Gasteiger partial charge < -0.3 is 5.11 Å². The van der Waals surface area contributed by atoms with Crippen molar-refractivity contribution in [2.45, 2.75) is 0 Å². The Morgan fingerprint density at radius 1 is 1.19 bits per heavy atom. The monoisotopic (exact) mass is 303 g/mol. The first-order chi connectivity index (χ1) is 9.97. The van der Waals surface area contributed by atoms with Crippen LogP contribution in [0.15, 0.2) is 48.5 Å². The van der Waals surface area contributed by atoms with E-state index in [1.807, 2.05) is 0 Å². The van der Waals surface area contributed by atoms with Crippen LogP contribution in [0, 0.1) is 10.1 Å². The number of non-ortho nitro benzene ring substituents is 1. The molecule has 2 aromatic rings. The molecule has 0 saturated carbocycles. The lowest BCUT2D eigenvalue weighted by Gasteiger charge is -2.04. The van der Waals surface area contributed by atoms with E-state index >= 15 is 0 Å². The Hall–Kier alpha value is -2.66. The molecule has 6 heteroatoms. The number of carbonyl (C=O) groups is 1. The topological polar surface area (TPSA) is 80.4 Å². The van der Waals surface area contributed by atoms with Crippen LogP contribution in [0.25, 0.3) is 11.6 Å². The third-order valence-corrected chi connectivity index (χ3v) is 3.02. The van der Waals surface area contributed by atoms with Crippen LogP contribution in [-0.2, 0) is 4.79 Å². The molecule has 0 spiro atoms. The number of hydrogen-bond donors (Lipinski definition) is 1. The van der Waals surface area contributed by atoms with E-state index in [0.29, 0.717) is 16.1 Å². The number of rotatable bonds is 4. The van der Waals surface area contributed by atoms with Gasteiger partial charge in [0.15, 0.2) is 0 Å². The summed E-state index contributed by atoms with van der Waals surface area (Å²) in [5.74, 6) is -1.10. The number of benzene rings is 2. The molecule has 106 valence electrons. The van der Waals surface area contributed by atoms with Crippen molar-refractivity contribution in [2.24, 2.45) is 0 Å². The highest BCUT2D eigenvalue weighted by atomic mass is 35.5. The molecule has 0 fully saturated rings. The zero-order valence-corrected chi connectivity index (χ0v) is 11.4. The number of nitrogens with zero attached hydrogens (tertiary/aromatic N) is 1. The third-order valence-electron chi connectivity index (χ3n) is 2.78. The van der Waals surface area contributed by atoms with Gasteiger partial charge in [0, 0.05) is 17.2 Å². The summed E-state index contributed by atoms with van der Waals surface area (Å²) in [4.78, 5) is 21.4. The van der Waals surface area contributed by atoms with Gasteiger partial charge >= 0.3 is 5.97 Å². The Balaban J connectivity index is 2.42. The van der Waals surface area contributed by atoms with Crippen LogP contribution in [0.4, 0.5) is 5.69 Å². The highest BCUT2D eigenvalue weighted by Crippen LogP contribution is 2.22. The molecule has 0 atom stereocenters. The molecule has 0 amide bonds. The van der Waals surface area contributed by atoms with Gasteiger partial charge in [-0.3, -0.25) is 10.1 Å². The average molecular weight is 304 g/mol. The van der Waals surface area contributed by atoms with E-state index in [9.17, 15) is 20.0 Å². The zero-order valence-electron chi connectivity index (χ0n) is 10.7. The maximum absolute atomic E-state index is 11.4. The van der Waals surface area contributed by atoms with Crippen molar-refractivity contribution in [1.29, 1.82) is 0 Å². The van der Waals surface area contributed by atoms with Gasteiger partial charge in [-0.15, -0.1) is 0 Å². The van der Waals surface area contributed by atoms with Gasteiger partial charge in [0.2, 0.25) is 0 Å². The van der Waals surface area contributed by atoms with E-state index in [2.05, 4.69) is 0 Å². The van der Waals surface area contributed by atoms with Crippen LogP contribution in [0.1, 0.15) is 11.1 Å². The normalized spacial score (nSPS) is 11.2. The van der Waals surface area contributed by atoms with Crippen molar-refractivity contribution in [3.05, 3.63) is 74.8 Å². The molecule has 5 nitrogen and oxygen atoms in total. The molecule has 0 aromatic heterocycles. The number of nitro groups is 1. The lowest BCUT2D eigenvalue weighted by Crippen LogP contribution is -1.99. The van der Waals surface area contributed by atoms with Crippen molar-refractivity contribution in [3.8, 4) is 0 Å². The van der Waals surface area contributed by atoms with Crippen LogP contribution in [0.3, 0.4) is 0 Å². The standard InChI is InChI=1S/C15H10ClNO4/c16-12-3-1-2-11(9-12)14(15(18)19)8-10-4-6-13(7-5-10)17(20)21/h1-9H,(H,18,19). The molecular weight excluding hydrogens is 294 g/mol. The van der Waals surface area contributed by atoms with Crippen LogP contribution < -0.4 is 0 Å². The minimum atomic E-state index is -1.10. The van der Waals surface area contributed by atoms with E-state index in [0.717, 1.165) is 0 Å². The number of aliphatic carboxylic acids is 1. The van der Waals surface area contributed by atoms with Crippen molar-refractivity contribution < 1.29 is 14.8 Å². The largest absolute Gasteiger partial charge is 0.478 e. The minimum Gasteiger partial charge on any atom is -0.478 e. The van der Waals surface area contributed by atoms with E-state index in [1.165, 1.54) is 30.3 Å². The molecule has 0 aliphatic rings. The molecule has 0 aliphatic heterocycles. The molecule has 21 heavy (non-hydrogen) atoms. The Morgan fingerprint density at radius 2 is 1.86 bits per heavy atom. The number of nitro benzene ring substituents is 1. The van der Waals surface area contributed by atoms with Crippen LogP contribution in [-0.4, -0.2) is 16.0 Å². The predicted octanol–water partition coefficient (Wildman–Crippen LogP) is 3.87. The molecular formula is C15H10ClNO4. The third kappa shape index (κ3) is 3.67. The summed E-state index contributed by atoms with van der Waals surface area (Å²) >= 11 is 5.86. The number of hydrogen-bond acceptors (Lipinski definition) is 3. The van der Waals surface area contributed by atoms with Gasteiger partial charge in [-0.2, -0.15) is 0 Å². The molecule has 0 bridgehead atoms. The Kier molecular flexibility index (Phi) is 4.35. The first-order valence-electron chi connectivity index (χ1n) is 5.93. The summed E-state index contributed by atoms with van der Waals surface area (Å²) in [5.41, 5.74) is 1.03. The highest BCUT2D eigenvalue weighted by Gasteiger charge is 2.11. The first-order valence-corrected chi connectivity index (χ1v) is 6.30. The minimum absolute atomic E-state index is 0.0493.